The zero-order chi connectivity index (χ0) is 21.6. The molecule has 7 nitrogen and oxygen atoms in total. The Hall–Kier alpha value is -2.61. The maximum absolute atomic E-state index is 12.9. The van der Waals surface area contributed by atoms with Crippen molar-refractivity contribution in [2.75, 3.05) is 22.7 Å². The predicted molar refractivity (Wildman–Crippen MR) is 115 cm³/mol. The van der Waals surface area contributed by atoms with Gasteiger partial charge in [-0.1, -0.05) is 39.8 Å². The molecule has 1 heterocycles. The molecule has 0 amide bonds. The molecule has 0 saturated carbocycles. The van der Waals surface area contributed by atoms with E-state index in [9.17, 15) is 18.3 Å². The first-order valence-electron chi connectivity index (χ1n) is 9.80. The van der Waals surface area contributed by atoms with Crippen LogP contribution in [0.15, 0.2) is 41.4 Å². The first-order valence-corrected chi connectivity index (χ1v) is 11.3. The van der Waals surface area contributed by atoms with E-state index in [0.717, 1.165) is 18.4 Å². The summed E-state index contributed by atoms with van der Waals surface area (Å²) in [6.07, 6.45) is 2.96. The molecule has 2 N–H and O–H groups in total. The van der Waals surface area contributed by atoms with Gasteiger partial charge in [-0.25, -0.2) is 18.2 Å². The zero-order valence-electron chi connectivity index (χ0n) is 17.3. The molecular weight excluding hydrogens is 390 g/mol. The Morgan fingerprint density at radius 1 is 1.14 bits per heavy atom. The molecule has 0 atom stereocenters. The van der Waals surface area contributed by atoms with Crippen molar-refractivity contribution < 1.29 is 18.3 Å². The summed E-state index contributed by atoms with van der Waals surface area (Å²) in [5.74, 6) is -0.441. The molecule has 0 radical (unpaired) electrons. The molecule has 0 aliphatic carbocycles. The number of carboxylic acids is 1. The zero-order valence-corrected chi connectivity index (χ0v) is 18.2. The lowest BCUT2D eigenvalue weighted by Gasteiger charge is -2.25. The number of hydrogen-bond acceptors (Lipinski definition) is 5. The molecule has 2 rings (SSSR count). The van der Waals surface area contributed by atoms with Gasteiger partial charge < -0.3 is 10.0 Å². The van der Waals surface area contributed by atoms with Gasteiger partial charge in [0, 0.05) is 19.3 Å². The van der Waals surface area contributed by atoms with Gasteiger partial charge in [-0.15, -0.1) is 0 Å². The van der Waals surface area contributed by atoms with Crippen molar-refractivity contribution in [1.29, 1.82) is 0 Å². The lowest BCUT2D eigenvalue weighted by Crippen LogP contribution is -2.28. The predicted octanol–water partition coefficient (Wildman–Crippen LogP) is 4.33. The second-order valence-corrected chi connectivity index (χ2v) is 8.90. The molecule has 0 unspecified atom stereocenters. The van der Waals surface area contributed by atoms with Crippen molar-refractivity contribution in [2.24, 2.45) is 0 Å². The van der Waals surface area contributed by atoms with Crippen LogP contribution in [0.5, 0.6) is 0 Å². The third kappa shape index (κ3) is 5.69. The van der Waals surface area contributed by atoms with Crippen molar-refractivity contribution in [3.63, 3.8) is 0 Å². The van der Waals surface area contributed by atoms with Crippen LogP contribution in [0, 0.1) is 0 Å². The molecule has 0 bridgehead atoms. The fourth-order valence-electron chi connectivity index (χ4n) is 3.00. The van der Waals surface area contributed by atoms with Crippen LogP contribution in [0.25, 0.3) is 0 Å². The Kier molecular flexibility index (Phi) is 7.61. The normalized spacial score (nSPS) is 11.5. The van der Waals surface area contributed by atoms with E-state index >= 15 is 0 Å². The minimum atomic E-state index is -3.89. The van der Waals surface area contributed by atoms with Crippen molar-refractivity contribution >= 4 is 27.5 Å². The van der Waals surface area contributed by atoms with Crippen LogP contribution >= 0.6 is 0 Å². The number of aromatic nitrogens is 1. The number of benzene rings is 1. The minimum Gasteiger partial charge on any atom is -0.478 e. The summed E-state index contributed by atoms with van der Waals surface area (Å²) in [7, 11) is -3.89. The number of carboxylic acid groups (broad SMARTS) is 1. The van der Waals surface area contributed by atoms with Crippen molar-refractivity contribution in [1.82, 2.24) is 4.98 Å². The highest BCUT2D eigenvalue weighted by atomic mass is 32.2. The number of anilines is 2. The van der Waals surface area contributed by atoms with Gasteiger partial charge in [0.2, 0.25) is 0 Å². The van der Waals surface area contributed by atoms with Crippen LogP contribution < -0.4 is 9.62 Å². The number of carbonyl (C=O) groups is 1. The average Bonchev–Trinajstić information content (AvgIpc) is 2.67. The molecule has 158 valence electrons. The van der Waals surface area contributed by atoms with Gasteiger partial charge >= 0.3 is 5.97 Å². The molecule has 8 heteroatoms. The van der Waals surface area contributed by atoms with E-state index in [1.54, 1.807) is 24.3 Å². The standard InChI is InChI=1S/C21H29N3O4S/c1-5-11-24(12-6-2)20-19(13-17(14-22-20)21(25)26)23-29(27,28)18-9-7-16(8-10-18)15(3)4/h7-10,13-15,23H,5-6,11-12H2,1-4H3,(H,25,26). The highest BCUT2D eigenvalue weighted by Gasteiger charge is 2.21. The maximum atomic E-state index is 12.9. The molecule has 1 aromatic carbocycles. The monoisotopic (exact) mass is 419 g/mol. The summed E-state index contributed by atoms with van der Waals surface area (Å²) in [6, 6.07) is 8.01. The van der Waals surface area contributed by atoms with Crippen molar-refractivity contribution in [2.45, 2.75) is 51.3 Å². The number of nitrogens with one attached hydrogen (secondary N) is 1. The summed E-state index contributed by atoms with van der Waals surface area (Å²) in [5, 5.41) is 9.31. The van der Waals surface area contributed by atoms with Gasteiger partial charge in [0.15, 0.2) is 5.82 Å². The molecule has 0 fully saturated rings. The minimum absolute atomic E-state index is 0.0745. The summed E-state index contributed by atoms with van der Waals surface area (Å²) in [5.41, 5.74) is 1.13. The van der Waals surface area contributed by atoms with Crippen LogP contribution in [0.3, 0.4) is 0 Å². The van der Waals surface area contributed by atoms with Crippen LogP contribution in [0.1, 0.15) is 62.4 Å². The molecule has 0 aliphatic rings. The van der Waals surface area contributed by atoms with Crippen LogP contribution in [0.2, 0.25) is 0 Å². The number of hydrogen-bond donors (Lipinski definition) is 2. The third-order valence-electron chi connectivity index (χ3n) is 4.50. The molecule has 2 aromatic rings. The fourth-order valence-corrected chi connectivity index (χ4v) is 4.05. The van der Waals surface area contributed by atoms with E-state index in [1.165, 1.54) is 12.3 Å². The lowest BCUT2D eigenvalue weighted by atomic mass is 10.0. The second-order valence-electron chi connectivity index (χ2n) is 7.22. The Morgan fingerprint density at radius 3 is 2.21 bits per heavy atom. The highest BCUT2D eigenvalue weighted by molar-refractivity contribution is 7.92. The van der Waals surface area contributed by atoms with E-state index in [2.05, 4.69) is 9.71 Å². The first kappa shape index (κ1) is 22.7. The third-order valence-corrected chi connectivity index (χ3v) is 5.88. The first-order chi connectivity index (χ1) is 13.7. The summed E-state index contributed by atoms with van der Waals surface area (Å²) in [4.78, 5) is 17.7. The van der Waals surface area contributed by atoms with Gasteiger partial charge in [-0.3, -0.25) is 4.72 Å². The van der Waals surface area contributed by atoms with Gasteiger partial charge in [0.05, 0.1) is 16.1 Å². The van der Waals surface area contributed by atoms with E-state index in [-0.39, 0.29) is 16.1 Å². The van der Waals surface area contributed by atoms with Gasteiger partial charge in [-0.2, -0.15) is 0 Å². The number of pyridine rings is 1. The molecule has 0 spiro atoms. The average molecular weight is 420 g/mol. The largest absolute Gasteiger partial charge is 0.478 e. The summed E-state index contributed by atoms with van der Waals surface area (Å²) >= 11 is 0. The molecular formula is C21H29N3O4S. The van der Waals surface area contributed by atoms with Gasteiger partial charge in [0.1, 0.15) is 0 Å². The SMILES string of the molecule is CCCN(CCC)c1ncc(C(=O)O)cc1NS(=O)(=O)c1ccc(C(C)C)cc1. The van der Waals surface area contributed by atoms with Gasteiger partial charge in [0.25, 0.3) is 10.0 Å². The van der Waals surface area contributed by atoms with Crippen molar-refractivity contribution in [3.05, 3.63) is 47.7 Å². The van der Waals surface area contributed by atoms with Crippen LogP contribution in [-0.2, 0) is 10.0 Å². The van der Waals surface area contributed by atoms with Crippen molar-refractivity contribution in [3.8, 4) is 0 Å². The molecule has 1 aromatic heterocycles. The fraction of sp³-hybridized carbons (Fsp3) is 0.429. The smallest absolute Gasteiger partial charge is 0.337 e. The van der Waals surface area contributed by atoms with Crippen LogP contribution in [0.4, 0.5) is 11.5 Å². The quantitative estimate of drug-likeness (QED) is 0.595. The second kappa shape index (κ2) is 9.73. The van der Waals surface area contributed by atoms with Crippen LogP contribution in [-0.4, -0.2) is 37.6 Å². The summed E-state index contributed by atoms with van der Waals surface area (Å²) < 4.78 is 28.4. The molecule has 29 heavy (non-hydrogen) atoms. The van der Waals surface area contributed by atoms with E-state index in [4.69, 9.17) is 0 Å². The van der Waals surface area contributed by atoms with E-state index in [0.29, 0.717) is 24.8 Å². The van der Waals surface area contributed by atoms with E-state index in [1.807, 2.05) is 32.6 Å². The van der Waals surface area contributed by atoms with Gasteiger partial charge in [-0.05, 0) is 42.5 Å². The Bertz CT molecular complexity index is 935. The topological polar surface area (TPSA) is 99.6 Å². The number of aromatic carboxylic acids is 1. The maximum Gasteiger partial charge on any atom is 0.337 e. The molecule has 0 saturated heterocycles. The lowest BCUT2D eigenvalue weighted by molar-refractivity contribution is 0.0696. The number of sulfonamides is 1. The Morgan fingerprint density at radius 2 is 1.72 bits per heavy atom. The molecule has 0 aliphatic heterocycles. The number of nitrogens with zero attached hydrogens (tertiary/aromatic N) is 2. The Balaban J connectivity index is 2.47. The van der Waals surface area contributed by atoms with E-state index < -0.39 is 16.0 Å². The highest BCUT2D eigenvalue weighted by Crippen LogP contribution is 2.28. The summed E-state index contributed by atoms with van der Waals surface area (Å²) in [6.45, 7) is 9.49. The Labute approximate surface area is 172 Å². The number of rotatable bonds is 10.